The summed E-state index contributed by atoms with van der Waals surface area (Å²) in [5.74, 6) is -0.137. The van der Waals surface area contributed by atoms with Gasteiger partial charge in [-0.3, -0.25) is 14.2 Å². The van der Waals surface area contributed by atoms with Gasteiger partial charge in [0.15, 0.2) is 5.16 Å². The smallest absolute Gasteiger partial charge is 0.262 e. The third kappa shape index (κ3) is 4.45. The number of anilines is 1. The van der Waals surface area contributed by atoms with Crippen LogP contribution in [-0.4, -0.2) is 20.7 Å². The number of thiophene rings is 1. The van der Waals surface area contributed by atoms with E-state index in [0.29, 0.717) is 15.4 Å². The lowest BCUT2D eigenvalue weighted by molar-refractivity contribution is -0.115. The fourth-order valence-corrected chi connectivity index (χ4v) is 5.41. The third-order valence-corrected chi connectivity index (χ3v) is 7.47. The Labute approximate surface area is 186 Å². The summed E-state index contributed by atoms with van der Waals surface area (Å²) in [6.07, 6.45) is 0. The predicted molar refractivity (Wildman–Crippen MR) is 126 cm³/mol. The zero-order valence-corrected chi connectivity index (χ0v) is 18.8. The van der Waals surface area contributed by atoms with Crippen LogP contribution >= 0.6 is 34.9 Å². The number of carbonyl (C=O) groups is 1. The third-order valence-electron chi connectivity index (χ3n) is 4.43. The summed E-state index contributed by atoms with van der Waals surface area (Å²) in [5.41, 5.74) is 0.667. The molecule has 152 valence electrons. The average molecular weight is 454 g/mol. The topological polar surface area (TPSA) is 64.0 Å². The number of amides is 1. The summed E-state index contributed by atoms with van der Waals surface area (Å²) in [4.78, 5) is 32.7. The van der Waals surface area contributed by atoms with E-state index in [1.807, 2.05) is 66.9 Å². The van der Waals surface area contributed by atoms with Crippen molar-refractivity contribution in [2.45, 2.75) is 27.1 Å². The number of para-hydroxylation sites is 1. The van der Waals surface area contributed by atoms with Gasteiger partial charge in [-0.2, -0.15) is 0 Å². The van der Waals surface area contributed by atoms with Crippen molar-refractivity contribution in [1.82, 2.24) is 9.55 Å². The van der Waals surface area contributed by atoms with Crippen molar-refractivity contribution >= 4 is 56.7 Å². The maximum absolute atomic E-state index is 12.9. The van der Waals surface area contributed by atoms with Crippen molar-refractivity contribution in [1.29, 1.82) is 0 Å². The lowest BCUT2D eigenvalue weighted by atomic mass is 10.3. The number of thioether (sulfide) groups is 1. The lowest BCUT2D eigenvalue weighted by Crippen LogP contribution is -2.25. The SMILES string of the molecule is CC(Sc1nc2sccc2c(=O)n1C)C(=O)Nc1ccccc1Sc1ccccc1. The molecule has 1 N–H and O–H groups in total. The Balaban J connectivity index is 1.51. The van der Waals surface area contributed by atoms with E-state index in [1.165, 1.54) is 27.7 Å². The second-order valence-electron chi connectivity index (χ2n) is 6.56. The molecule has 0 spiro atoms. The van der Waals surface area contributed by atoms with E-state index < -0.39 is 5.25 Å². The van der Waals surface area contributed by atoms with Gasteiger partial charge in [0.05, 0.1) is 16.3 Å². The van der Waals surface area contributed by atoms with Crippen molar-refractivity contribution in [3.8, 4) is 0 Å². The van der Waals surface area contributed by atoms with Crippen LogP contribution in [0.15, 0.2) is 85.8 Å². The molecule has 0 radical (unpaired) electrons. The van der Waals surface area contributed by atoms with Crippen LogP contribution in [0.4, 0.5) is 5.69 Å². The molecule has 8 heteroatoms. The van der Waals surface area contributed by atoms with Crippen LogP contribution < -0.4 is 10.9 Å². The first kappa shape index (κ1) is 20.7. The molecule has 5 nitrogen and oxygen atoms in total. The van der Waals surface area contributed by atoms with Gasteiger partial charge in [-0.05, 0) is 42.6 Å². The van der Waals surface area contributed by atoms with Gasteiger partial charge >= 0.3 is 0 Å². The minimum atomic E-state index is -0.421. The van der Waals surface area contributed by atoms with Gasteiger partial charge in [0.2, 0.25) is 5.91 Å². The molecule has 4 aromatic rings. The van der Waals surface area contributed by atoms with E-state index >= 15 is 0 Å². The number of hydrogen-bond acceptors (Lipinski definition) is 6. The van der Waals surface area contributed by atoms with E-state index in [4.69, 9.17) is 0 Å². The van der Waals surface area contributed by atoms with Crippen LogP contribution in [0.1, 0.15) is 6.92 Å². The van der Waals surface area contributed by atoms with Gasteiger partial charge < -0.3 is 5.32 Å². The van der Waals surface area contributed by atoms with Gasteiger partial charge in [0.25, 0.3) is 5.56 Å². The Bertz CT molecular complexity index is 1250. The Morgan fingerprint density at radius 2 is 1.83 bits per heavy atom. The van der Waals surface area contributed by atoms with Crippen molar-refractivity contribution < 1.29 is 4.79 Å². The molecule has 0 aliphatic heterocycles. The molecular weight excluding hydrogens is 434 g/mol. The molecule has 1 atom stereocenters. The molecule has 1 amide bonds. The van der Waals surface area contributed by atoms with Crippen molar-refractivity contribution in [2.75, 3.05) is 5.32 Å². The van der Waals surface area contributed by atoms with Gasteiger partial charge in [0, 0.05) is 16.8 Å². The van der Waals surface area contributed by atoms with E-state index in [-0.39, 0.29) is 11.5 Å². The molecule has 0 aliphatic rings. The number of carbonyl (C=O) groups excluding carboxylic acids is 1. The number of nitrogens with zero attached hydrogens (tertiary/aromatic N) is 2. The largest absolute Gasteiger partial charge is 0.324 e. The highest BCUT2D eigenvalue weighted by Crippen LogP contribution is 2.34. The number of nitrogens with one attached hydrogen (secondary N) is 1. The van der Waals surface area contributed by atoms with Crippen molar-refractivity contribution in [3.05, 3.63) is 76.4 Å². The molecule has 0 bridgehead atoms. The molecule has 2 aromatic heterocycles. The van der Waals surface area contributed by atoms with E-state index in [0.717, 1.165) is 15.5 Å². The van der Waals surface area contributed by atoms with Crippen LogP contribution in [0.25, 0.3) is 10.2 Å². The highest BCUT2D eigenvalue weighted by molar-refractivity contribution is 8.00. The van der Waals surface area contributed by atoms with Gasteiger partial charge in [0.1, 0.15) is 4.83 Å². The number of benzene rings is 2. The predicted octanol–water partition coefficient (Wildman–Crippen LogP) is 5.27. The quantitative estimate of drug-likeness (QED) is 0.318. The Hall–Kier alpha value is -2.55. The first-order valence-corrected chi connectivity index (χ1v) is 11.8. The molecule has 2 aromatic carbocycles. The second kappa shape index (κ2) is 9.07. The Kier molecular flexibility index (Phi) is 6.26. The van der Waals surface area contributed by atoms with Crippen molar-refractivity contribution in [3.63, 3.8) is 0 Å². The molecule has 0 fully saturated rings. The molecular formula is C22H19N3O2S3. The molecule has 0 saturated carbocycles. The first-order chi connectivity index (χ1) is 14.5. The minimum Gasteiger partial charge on any atom is -0.324 e. The van der Waals surface area contributed by atoms with E-state index in [1.54, 1.807) is 24.9 Å². The van der Waals surface area contributed by atoms with Gasteiger partial charge in [-0.25, -0.2) is 4.98 Å². The van der Waals surface area contributed by atoms with Gasteiger partial charge in [-0.15, -0.1) is 11.3 Å². The minimum absolute atomic E-state index is 0.0963. The standard InChI is InChI=1S/C22H19N3O2S3/c1-14(29-22-24-20-16(12-13-28-20)21(27)25(22)2)19(26)23-17-10-6-7-11-18(17)30-15-8-4-3-5-9-15/h3-14H,1-2H3,(H,23,26). The fraction of sp³-hybridized carbons (Fsp3) is 0.136. The fourth-order valence-electron chi connectivity index (χ4n) is 2.81. The Morgan fingerprint density at radius 3 is 2.63 bits per heavy atom. The summed E-state index contributed by atoms with van der Waals surface area (Å²) in [6.45, 7) is 1.82. The van der Waals surface area contributed by atoms with E-state index in [9.17, 15) is 9.59 Å². The van der Waals surface area contributed by atoms with Crippen LogP contribution in [-0.2, 0) is 11.8 Å². The highest BCUT2D eigenvalue weighted by Gasteiger charge is 2.19. The molecule has 4 rings (SSSR count). The normalized spacial score (nSPS) is 12.1. The number of hydrogen-bond donors (Lipinski definition) is 1. The Morgan fingerprint density at radius 1 is 1.10 bits per heavy atom. The first-order valence-electron chi connectivity index (χ1n) is 9.26. The highest BCUT2D eigenvalue weighted by atomic mass is 32.2. The summed E-state index contributed by atoms with van der Waals surface area (Å²) in [7, 11) is 1.69. The summed E-state index contributed by atoms with van der Waals surface area (Å²) < 4.78 is 1.50. The van der Waals surface area contributed by atoms with Crippen LogP contribution in [0.3, 0.4) is 0 Å². The molecule has 1 unspecified atom stereocenters. The molecule has 2 heterocycles. The zero-order valence-electron chi connectivity index (χ0n) is 16.4. The molecule has 30 heavy (non-hydrogen) atoms. The van der Waals surface area contributed by atoms with Gasteiger partial charge in [-0.1, -0.05) is 53.9 Å². The second-order valence-corrected chi connectivity index (χ2v) is 9.88. The number of fused-ring (bicyclic) bond motifs is 1. The molecule has 0 saturated heterocycles. The van der Waals surface area contributed by atoms with Crippen LogP contribution in [0.2, 0.25) is 0 Å². The molecule has 0 aliphatic carbocycles. The van der Waals surface area contributed by atoms with Crippen LogP contribution in [0.5, 0.6) is 0 Å². The maximum atomic E-state index is 12.9. The zero-order chi connectivity index (χ0) is 21.1. The van der Waals surface area contributed by atoms with Crippen LogP contribution in [0, 0.1) is 0 Å². The van der Waals surface area contributed by atoms with Crippen molar-refractivity contribution in [2.24, 2.45) is 7.05 Å². The summed E-state index contributed by atoms with van der Waals surface area (Å²) >= 11 is 4.30. The average Bonchev–Trinajstić information content (AvgIpc) is 3.22. The number of aromatic nitrogens is 2. The summed E-state index contributed by atoms with van der Waals surface area (Å²) in [5, 5.41) is 5.59. The maximum Gasteiger partial charge on any atom is 0.262 e. The van der Waals surface area contributed by atoms with E-state index in [2.05, 4.69) is 10.3 Å². The lowest BCUT2D eigenvalue weighted by Gasteiger charge is -2.15. The monoisotopic (exact) mass is 453 g/mol. The summed E-state index contributed by atoms with van der Waals surface area (Å²) in [6, 6.07) is 19.5. The number of rotatable bonds is 6.